The molecule has 2 aromatic rings. The van der Waals surface area contributed by atoms with Gasteiger partial charge in [0.05, 0.1) is 19.7 Å². The van der Waals surface area contributed by atoms with Gasteiger partial charge in [0.25, 0.3) is 5.82 Å². The maximum Gasteiger partial charge on any atom is 0.288 e. The van der Waals surface area contributed by atoms with E-state index in [1.54, 1.807) is 0 Å². The van der Waals surface area contributed by atoms with Crippen LogP contribution in [0, 0.1) is 0 Å². The van der Waals surface area contributed by atoms with Crippen LogP contribution in [0.5, 0.6) is 0 Å². The zero-order valence-corrected chi connectivity index (χ0v) is 8.44. The standard InChI is InChI=1S/C11H13N3/c1-13-7-8-14(2)11(13)9-3-5-10(12)6-4-9/h3-8,12H,1-2H3/p+1. The number of anilines is 1. The van der Waals surface area contributed by atoms with E-state index in [2.05, 4.69) is 9.13 Å². The molecule has 1 aromatic heterocycles. The first kappa shape index (κ1) is 8.81. The van der Waals surface area contributed by atoms with Crippen LogP contribution in [0.25, 0.3) is 11.4 Å². The number of nitrogens with zero attached hydrogens (tertiary/aromatic N) is 2. The first-order valence-electron chi connectivity index (χ1n) is 4.55. The summed E-state index contributed by atoms with van der Waals surface area (Å²) in [4.78, 5) is 0. The predicted molar refractivity (Wildman–Crippen MR) is 56.4 cm³/mol. The van der Waals surface area contributed by atoms with E-state index in [1.807, 2.05) is 50.8 Å². The van der Waals surface area contributed by atoms with Gasteiger partial charge < -0.3 is 5.73 Å². The molecule has 0 unspecified atom stereocenters. The van der Waals surface area contributed by atoms with Crippen molar-refractivity contribution in [3.05, 3.63) is 36.7 Å². The molecule has 3 nitrogen and oxygen atoms in total. The van der Waals surface area contributed by atoms with Gasteiger partial charge in [0, 0.05) is 5.69 Å². The highest BCUT2D eigenvalue weighted by molar-refractivity contribution is 5.56. The second kappa shape index (κ2) is 3.18. The van der Waals surface area contributed by atoms with Crippen molar-refractivity contribution in [2.24, 2.45) is 14.1 Å². The van der Waals surface area contributed by atoms with Gasteiger partial charge in [-0.3, -0.25) is 0 Å². The molecule has 0 bridgehead atoms. The molecule has 0 fully saturated rings. The predicted octanol–water partition coefficient (Wildman–Crippen LogP) is 1.10. The number of nitrogens with two attached hydrogens (primary N) is 1. The number of rotatable bonds is 1. The van der Waals surface area contributed by atoms with Crippen molar-refractivity contribution in [1.82, 2.24) is 4.57 Å². The highest BCUT2D eigenvalue weighted by Gasteiger charge is 2.12. The maximum atomic E-state index is 5.64. The van der Waals surface area contributed by atoms with Crippen LogP contribution in [0.3, 0.4) is 0 Å². The number of aromatic nitrogens is 2. The minimum absolute atomic E-state index is 0.797. The molecule has 0 saturated heterocycles. The third-order valence-electron chi connectivity index (χ3n) is 2.35. The zero-order valence-electron chi connectivity index (χ0n) is 8.44. The summed E-state index contributed by atoms with van der Waals surface area (Å²) in [6, 6.07) is 7.90. The Morgan fingerprint density at radius 2 is 1.86 bits per heavy atom. The van der Waals surface area contributed by atoms with Crippen molar-refractivity contribution in [3.63, 3.8) is 0 Å². The second-order valence-electron chi connectivity index (χ2n) is 3.47. The summed E-state index contributed by atoms with van der Waals surface area (Å²) in [6.07, 6.45) is 4.07. The number of nitrogen functional groups attached to an aromatic ring is 1. The third kappa shape index (κ3) is 1.37. The molecule has 0 amide bonds. The highest BCUT2D eigenvalue weighted by atomic mass is 15.1. The molecule has 0 radical (unpaired) electrons. The Kier molecular flexibility index (Phi) is 2.00. The van der Waals surface area contributed by atoms with Crippen LogP contribution in [0.4, 0.5) is 5.69 Å². The fraction of sp³-hybridized carbons (Fsp3) is 0.182. The van der Waals surface area contributed by atoms with Gasteiger partial charge in [0.1, 0.15) is 12.4 Å². The number of benzene rings is 1. The van der Waals surface area contributed by atoms with Crippen LogP contribution in [0.15, 0.2) is 36.7 Å². The van der Waals surface area contributed by atoms with Gasteiger partial charge in [0.15, 0.2) is 0 Å². The average molecular weight is 188 g/mol. The van der Waals surface area contributed by atoms with Crippen LogP contribution >= 0.6 is 0 Å². The van der Waals surface area contributed by atoms with E-state index in [1.165, 1.54) is 11.4 Å². The Morgan fingerprint density at radius 3 is 2.36 bits per heavy atom. The smallest absolute Gasteiger partial charge is 0.288 e. The summed E-state index contributed by atoms with van der Waals surface area (Å²) in [5, 5.41) is 0. The summed E-state index contributed by atoms with van der Waals surface area (Å²) in [5.74, 6) is 1.17. The Balaban J connectivity index is 2.54. The Bertz CT molecular complexity index is 421. The van der Waals surface area contributed by atoms with Crippen molar-refractivity contribution in [3.8, 4) is 11.4 Å². The Labute approximate surface area is 83.4 Å². The molecule has 0 aliphatic rings. The van der Waals surface area contributed by atoms with Crippen molar-refractivity contribution in [2.75, 3.05) is 5.73 Å². The minimum atomic E-state index is 0.797. The average Bonchev–Trinajstić information content (AvgIpc) is 2.49. The fourth-order valence-corrected chi connectivity index (χ4v) is 1.63. The largest absolute Gasteiger partial charge is 0.399 e. The lowest BCUT2D eigenvalue weighted by Crippen LogP contribution is -2.28. The fourth-order valence-electron chi connectivity index (χ4n) is 1.63. The van der Waals surface area contributed by atoms with Crippen molar-refractivity contribution in [2.45, 2.75) is 0 Å². The van der Waals surface area contributed by atoms with Crippen LogP contribution in [-0.2, 0) is 14.1 Å². The van der Waals surface area contributed by atoms with Gasteiger partial charge >= 0.3 is 0 Å². The molecular formula is C11H14N3+. The van der Waals surface area contributed by atoms with Gasteiger partial charge in [-0.05, 0) is 24.3 Å². The van der Waals surface area contributed by atoms with Gasteiger partial charge in [-0.1, -0.05) is 0 Å². The van der Waals surface area contributed by atoms with E-state index in [9.17, 15) is 0 Å². The SMILES string of the molecule is Cn1cc[n+](C)c1-c1ccc(N)cc1. The van der Waals surface area contributed by atoms with E-state index < -0.39 is 0 Å². The van der Waals surface area contributed by atoms with Crippen molar-refractivity contribution in [1.29, 1.82) is 0 Å². The molecule has 0 saturated carbocycles. The normalized spacial score (nSPS) is 10.4. The Hall–Kier alpha value is -1.77. The van der Waals surface area contributed by atoms with Crippen LogP contribution in [-0.4, -0.2) is 4.57 Å². The molecule has 0 atom stereocenters. The van der Waals surface area contributed by atoms with E-state index in [0.29, 0.717) is 0 Å². The second-order valence-corrected chi connectivity index (χ2v) is 3.47. The summed E-state index contributed by atoms with van der Waals surface area (Å²) < 4.78 is 4.18. The lowest BCUT2D eigenvalue weighted by Gasteiger charge is -1.99. The lowest BCUT2D eigenvalue weighted by molar-refractivity contribution is -0.659. The molecule has 0 aliphatic heterocycles. The zero-order chi connectivity index (χ0) is 10.1. The molecule has 2 N–H and O–H groups in total. The first-order chi connectivity index (χ1) is 6.68. The molecule has 1 aromatic carbocycles. The summed E-state index contributed by atoms with van der Waals surface area (Å²) in [6.45, 7) is 0. The molecule has 3 heteroatoms. The molecule has 0 spiro atoms. The Morgan fingerprint density at radius 1 is 1.21 bits per heavy atom. The number of imidazole rings is 1. The summed E-state index contributed by atoms with van der Waals surface area (Å²) >= 11 is 0. The van der Waals surface area contributed by atoms with Crippen LogP contribution < -0.4 is 10.3 Å². The van der Waals surface area contributed by atoms with Crippen LogP contribution in [0.1, 0.15) is 0 Å². The molecule has 2 rings (SSSR count). The minimum Gasteiger partial charge on any atom is -0.399 e. The molecule has 1 heterocycles. The van der Waals surface area contributed by atoms with Gasteiger partial charge in [-0.15, -0.1) is 0 Å². The van der Waals surface area contributed by atoms with Crippen molar-refractivity contribution >= 4 is 5.69 Å². The first-order valence-corrected chi connectivity index (χ1v) is 4.55. The quantitative estimate of drug-likeness (QED) is 0.528. The number of aryl methyl sites for hydroxylation is 2. The molecule has 14 heavy (non-hydrogen) atoms. The van der Waals surface area contributed by atoms with Crippen molar-refractivity contribution < 1.29 is 4.57 Å². The lowest BCUT2D eigenvalue weighted by atomic mass is 10.2. The van der Waals surface area contributed by atoms with E-state index >= 15 is 0 Å². The van der Waals surface area contributed by atoms with Gasteiger partial charge in [0.2, 0.25) is 0 Å². The molecule has 0 aliphatic carbocycles. The van der Waals surface area contributed by atoms with E-state index in [0.717, 1.165) is 5.69 Å². The maximum absolute atomic E-state index is 5.64. The number of hydrogen-bond acceptors (Lipinski definition) is 1. The molecular weight excluding hydrogens is 174 g/mol. The number of hydrogen-bond donors (Lipinski definition) is 1. The highest BCUT2D eigenvalue weighted by Crippen LogP contribution is 2.16. The van der Waals surface area contributed by atoms with E-state index in [-0.39, 0.29) is 0 Å². The van der Waals surface area contributed by atoms with Gasteiger partial charge in [-0.2, -0.15) is 0 Å². The monoisotopic (exact) mass is 188 g/mol. The third-order valence-corrected chi connectivity index (χ3v) is 2.35. The molecule has 72 valence electrons. The van der Waals surface area contributed by atoms with Gasteiger partial charge in [-0.25, -0.2) is 9.13 Å². The van der Waals surface area contributed by atoms with E-state index in [4.69, 9.17) is 5.73 Å². The topological polar surface area (TPSA) is 34.8 Å². The van der Waals surface area contributed by atoms with Crippen LogP contribution in [0.2, 0.25) is 0 Å². The summed E-state index contributed by atoms with van der Waals surface area (Å²) in [7, 11) is 4.07. The summed E-state index contributed by atoms with van der Waals surface area (Å²) in [5.41, 5.74) is 7.61.